The van der Waals surface area contributed by atoms with Crippen LogP contribution < -0.4 is 0 Å². The van der Waals surface area contributed by atoms with E-state index in [0.717, 1.165) is 10.7 Å². The summed E-state index contributed by atoms with van der Waals surface area (Å²) in [6, 6.07) is 0. The second-order valence-corrected chi connectivity index (χ2v) is 4.26. The number of thioether (sulfide) groups is 1. The van der Waals surface area contributed by atoms with Gasteiger partial charge in [0.25, 0.3) is 0 Å². The lowest BCUT2D eigenvalue weighted by Gasteiger charge is -2.19. The highest BCUT2D eigenvalue weighted by molar-refractivity contribution is 9.09. The van der Waals surface area contributed by atoms with E-state index in [1.165, 1.54) is 5.75 Å². The second-order valence-electron chi connectivity index (χ2n) is 2.24. The molecule has 0 saturated heterocycles. The molecular weight excluding hydrogens is 264 g/mol. The van der Waals surface area contributed by atoms with Gasteiger partial charge < -0.3 is 0 Å². The summed E-state index contributed by atoms with van der Waals surface area (Å²) in [5.74, 6) is 1.21. The smallest absolute Gasteiger partial charge is 0.0177 e. The van der Waals surface area contributed by atoms with Crippen LogP contribution in [-0.4, -0.2) is 16.4 Å². The van der Waals surface area contributed by atoms with E-state index in [2.05, 4.69) is 43.3 Å². The Labute approximate surface area is 76.7 Å². The highest BCUT2D eigenvalue weighted by Crippen LogP contribution is 2.35. The third-order valence-electron chi connectivity index (χ3n) is 1.42. The van der Waals surface area contributed by atoms with Crippen molar-refractivity contribution in [3.63, 3.8) is 0 Å². The first kappa shape index (κ1) is 8.15. The van der Waals surface area contributed by atoms with Gasteiger partial charge in [-0.15, -0.1) is 11.8 Å². The number of hydrogen-bond donors (Lipinski definition) is 0. The lowest BCUT2D eigenvalue weighted by atomic mass is 9.97. The van der Waals surface area contributed by atoms with Crippen molar-refractivity contribution in [1.29, 1.82) is 0 Å². The first-order chi connectivity index (χ1) is 4.33. The van der Waals surface area contributed by atoms with Crippen molar-refractivity contribution in [2.24, 2.45) is 5.41 Å². The molecule has 52 valence electrons. The minimum atomic E-state index is 0.394. The van der Waals surface area contributed by atoms with E-state index in [9.17, 15) is 0 Å². The average Bonchev–Trinajstić information content (AvgIpc) is 2.36. The lowest BCUT2D eigenvalue weighted by molar-refractivity contribution is 0.600. The highest BCUT2D eigenvalue weighted by Gasteiger charge is 2.27. The molecule has 0 radical (unpaired) electrons. The molecule has 0 N–H and O–H groups in total. The molecule has 0 unspecified atom stereocenters. The van der Waals surface area contributed by atoms with Crippen molar-refractivity contribution in [3.05, 3.63) is 11.5 Å². The fourth-order valence-corrected chi connectivity index (χ4v) is 3.99. The van der Waals surface area contributed by atoms with Crippen molar-refractivity contribution in [1.82, 2.24) is 0 Å². The van der Waals surface area contributed by atoms with Gasteiger partial charge in [0.1, 0.15) is 0 Å². The number of hydrogen-bond acceptors (Lipinski definition) is 1. The van der Waals surface area contributed by atoms with E-state index in [1.807, 2.05) is 11.8 Å². The molecule has 0 bridgehead atoms. The summed E-state index contributed by atoms with van der Waals surface area (Å²) in [5, 5.41) is 4.31. The van der Waals surface area contributed by atoms with Gasteiger partial charge >= 0.3 is 0 Å². The molecule has 0 atom stereocenters. The van der Waals surface area contributed by atoms with Crippen molar-refractivity contribution in [3.8, 4) is 0 Å². The van der Waals surface area contributed by atoms with E-state index >= 15 is 0 Å². The molecule has 0 saturated carbocycles. The van der Waals surface area contributed by atoms with Gasteiger partial charge in [-0.05, 0) is 5.41 Å². The summed E-state index contributed by atoms with van der Waals surface area (Å²) in [7, 11) is 0. The molecule has 0 aliphatic carbocycles. The molecule has 0 fully saturated rings. The van der Waals surface area contributed by atoms with Gasteiger partial charge in [-0.25, -0.2) is 0 Å². The van der Waals surface area contributed by atoms with Crippen molar-refractivity contribution in [2.75, 3.05) is 16.4 Å². The highest BCUT2D eigenvalue weighted by atomic mass is 79.9. The van der Waals surface area contributed by atoms with Gasteiger partial charge in [-0.3, -0.25) is 0 Å². The van der Waals surface area contributed by atoms with E-state index < -0.39 is 0 Å². The molecule has 1 aliphatic heterocycles. The molecule has 1 rings (SSSR count). The van der Waals surface area contributed by atoms with E-state index in [-0.39, 0.29) is 0 Å². The first-order valence-corrected chi connectivity index (χ1v) is 6.03. The van der Waals surface area contributed by atoms with Gasteiger partial charge in [0, 0.05) is 21.8 Å². The number of allylic oxidation sites excluding steroid dienone is 1. The Hall–Kier alpha value is 1.05. The normalized spacial score (nSPS) is 22.9. The fraction of sp³-hybridized carbons (Fsp3) is 0.667. The molecule has 0 aromatic heterocycles. The van der Waals surface area contributed by atoms with Crippen LogP contribution >= 0.6 is 43.6 Å². The predicted molar refractivity (Wildman–Crippen MR) is 51.6 cm³/mol. The fourth-order valence-electron chi connectivity index (χ4n) is 0.657. The van der Waals surface area contributed by atoms with Gasteiger partial charge in [0.15, 0.2) is 0 Å². The molecule has 0 spiro atoms. The Bertz CT molecular complexity index is 118. The topological polar surface area (TPSA) is 0 Å². The zero-order valence-electron chi connectivity index (χ0n) is 4.94. The zero-order valence-corrected chi connectivity index (χ0v) is 8.93. The number of alkyl halides is 2. The summed E-state index contributed by atoms with van der Waals surface area (Å²) in [6.45, 7) is 0. The molecule has 3 heteroatoms. The van der Waals surface area contributed by atoms with Crippen LogP contribution in [0.4, 0.5) is 0 Å². The molecule has 0 nitrogen and oxygen atoms in total. The van der Waals surface area contributed by atoms with Crippen molar-refractivity contribution < 1.29 is 0 Å². The van der Waals surface area contributed by atoms with Crippen LogP contribution in [0.1, 0.15) is 0 Å². The van der Waals surface area contributed by atoms with Crippen LogP contribution in [0.3, 0.4) is 0 Å². The Balaban J connectivity index is 2.57. The molecular formula is C6H8Br2S. The van der Waals surface area contributed by atoms with Gasteiger partial charge in [-0.2, -0.15) is 0 Å². The zero-order chi connectivity index (χ0) is 6.74. The monoisotopic (exact) mass is 270 g/mol. The molecule has 1 heterocycles. The van der Waals surface area contributed by atoms with E-state index in [1.54, 1.807) is 0 Å². The third kappa shape index (κ3) is 1.75. The van der Waals surface area contributed by atoms with Crippen LogP contribution in [0.15, 0.2) is 11.5 Å². The summed E-state index contributed by atoms with van der Waals surface area (Å²) in [5.41, 5.74) is 0.394. The largest absolute Gasteiger partial charge is 0.133 e. The van der Waals surface area contributed by atoms with Crippen molar-refractivity contribution in [2.45, 2.75) is 0 Å². The molecule has 0 aromatic rings. The number of rotatable bonds is 2. The Morgan fingerprint density at radius 1 is 1.44 bits per heavy atom. The number of halogens is 2. The first-order valence-electron chi connectivity index (χ1n) is 2.74. The van der Waals surface area contributed by atoms with Crippen LogP contribution in [0, 0.1) is 5.41 Å². The average molecular weight is 272 g/mol. The standard InChI is InChI=1S/C6H8Br2S/c7-3-6(4-8)1-2-9-5-6/h1-2H,3-5H2. The Morgan fingerprint density at radius 2 is 2.11 bits per heavy atom. The van der Waals surface area contributed by atoms with Crippen LogP contribution in [0.2, 0.25) is 0 Å². The second kappa shape index (κ2) is 3.44. The minimum absolute atomic E-state index is 0.394. The molecule has 1 aliphatic rings. The predicted octanol–water partition coefficient (Wildman–Crippen LogP) is 3.02. The molecule has 0 amide bonds. The molecule has 0 aromatic carbocycles. The summed E-state index contributed by atoms with van der Waals surface area (Å²) < 4.78 is 0. The quantitative estimate of drug-likeness (QED) is 0.696. The van der Waals surface area contributed by atoms with Crippen LogP contribution in [0.25, 0.3) is 0 Å². The maximum absolute atomic E-state index is 3.50. The Kier molecular flexibility index (Phi) is 3.12. The van der Waals surface area contributed by atoms with Gasteiger partial charge in [-0.1, -0.05) is 37.9 Å². The molecule has 9 heavy (non-hydrogen) atoms. The van der Waals surface area contributed by atoms with Crippen LogP contribution in [0.5, 0.6) is 0 Å². The van der Waals surface area contributed by atoms with Crippen molar-refractivity contribution >= 4 is 43.6 Å². The van der Waals surface area contributed by atoms with Gasteiger partial charge in [0.05, 0.1) is 0 Å². The summed E-state index contributed by atoms with van der Waals surface area (Å²) in [6.07, 6.45) is 2.28. The summed E-state index contributed by atoms with van der Waals surface area (Å²) in [4.78, 5) is 0. The Morgan fingerprint density at radius 3 is 2.33 bits per heavy atom. The maximum Gasteiger partial charge on any atom is 0.0177 e. The summed E-state index contributed by atoms with van der Waals surface area (Å²) >= 11 is 8.89. The van der Waals surface area contributed by atoms with Gasteiger partial charge in [0.2, 0.25) is 0 Å². The van der Waals surface area contributed by atoms with Crippen LogP contribution in [-0.2, 0) is 0 Å². The van der Waals surface area contributed by atoms with E-state index in [4.69, 9.17) is 0 Å². The lowest BCUT2D eigenvalue weighted by Crippen LogP contribution is -2.21. The maximum atomic E-state index is 3.50. The SMILES string of the molecule is BrCC1(CBr)C=CSC1. The third-order valence-corrected chi connectivity index (χ3v) is 4.72. The van der Waals surface area contributed by atoms with E-state index in [0.29, 0.717) is 5.41 Å². The minimum Gasteiger partial charge on any atom is -0.133 e.